The van der Waals surface area contributed by atoms with E-state index in [1.54, 1.807) is 0 Å². The lowest BCUT2D eigenvalue weighted by Gasteiger charge is -2.02. The second-order valence-electron chi connectivity index (χ2n) is 3.43. The highest BCUT2D eigenvalue weighted by molar-refractivity contribution is 5.46. The van der Waals surface area contributed by atoms with Crippen LogP contribution in [0.25, 0.3) is 0 Å². The van der Waals surface area contributed by atoms with Crippen molar-refractivity contribution in [3.05, 3.63) is 41.5 Å². The number of aryl methyl sites for hydroxylation is 3. The van der Waals surface area contributed by atoms with Gasteiger partial charge in [-0.1, -0.05) is 23.4 Å². The lowest BCUT2D eigenvalue weighted by atomic mass is 10.1. The highest BCUT2D eigenvalue weighted by atomic mass is 16.5. The Labute approximate surface area is 88.1 Å². The van der Waals surface area contributed by atoms with Crippen LogP contribution in [0.3, 0.4) is 0 Å². The van der Waals surface area contributed by atoms with Crippen molar-refractivity contribution in [2.24, 2.45) is 0 Å². The van der Waals surface area contributed by atoms with E-state index in [2.05, 4.69) is 10.1 Å². The van der Waals surface area contributed by atoms with Gasteiger partial charge in [0.05, 0.1) is 0 Å². The number of anilines is 1. The number of aromatic nitrogens is 2. The van der Waals surface area contributed by atoms with E-state index in [0.29, 0.717) is 11.7 Å². The molecule has 0 radical (unpaired) electrons. The third-order valence-electron chi connectivity index (χ3n) is 2.23. The number of benzene rings is 1. The topological polar surface area (TPSA) is 64.9 Å². The van der Waals surface area contributed by atoms with Crippen molar-refractivity contribution >= 4 is 5.69 Å². The van der Waals surface area contributed by atoms with Crippen molar-refractivity contribution in [2.75, 3.05) is 5.73 Å². The minimum Gasteiger partial charge on any atom is -0.399 e. The summed E-state index contributed by atoms with van der Waals surface area (Å²) in [4.78, 5) is 4.14. The number of nitrogens with zero attached hydrogens (tertiary/aromatic N) is 2. The van der Waals surface area contributed by atoms with Gasteiger partial charge in [-0.15, -0.1) is 0 Å². The number of hydrogen-bond acceptors (Lipinski definition) is 4. The molecule has 4 heteroatoms. The summed E-state index contributed by atoms with van der Waals surface area (Å²) < 4.78 is 5.02. The smallest absolute Gasteiger partial charge is 0.226 e. The van der Waals surface area contributed by atoms with Gasteiger partial charge in [0.15, 0.2) is 5.82 Å². The number of nitrogens with two attached hydrogens (primary N) is 1. The van der Waals surface area contributed by atoms with Gasteiger partial charge in [0, 0.05) is 12.1 Å². The third-order valence-corrected chi connectivity index (χ3v) is 2.23. The largest absolute Gasteiger partial charge is 0.399 e. The number of hydrogen-bond donors (Lipinski definition) is 1. The van der Waals surface area contributed by atoms with Crippen molar-refractivity contribution < 1.29 is 4.52 Å². The Balaban J connectivity index is 2.02. The standard InChI is InChI=1S/C11H13N3O/c1-8-13-11(15-14-8)7-6-9-4-2-3-5-10(9)12/h2-5H,6-7,12H2,1H3. The first-order chi connectivity index (χ1) is 7.25. The molecule has 0 aliphatic carbocycles. The average molecular weight is 203 g/mol. The molecule has 0 fully saturated rings. The van der Waals surface area contributed by atoms with Crippen molar-refractivity contribution in [1.29, 1.82) is 0 Å². The summed E-state index contributed by atoms with van der Waals surface area (Å²) in [5.41, 5.74) is 7.76. The summed E-state index contributed by atoms with van der Waals surface area (Å²) in [6.07, 6.45) is 1.56. The van der Waals surface area contributed by atoms with E-state index < -0.39 is 0 Å². The molecule has 1 aromatic carbocycles. The molecule has 2 aromatic rings. The Bertz CT molecular complexity index is 451. The van der Waals surface area contributed by atoms with E-state index in [-0.39, 0.29) is 0 Å². The number of rotatable bonds is 3. The van der Waals surface area contributed by atoms with Crippen LogP contribution in [0.1, 0.15) is 17.3 Å². The average Bonchev–Trinajstić information content (AvgIpc) is 2.63. The zero-order valence-corrected chi connectivity index (χ0v) is 8.60. The molecule has 0 saturated heterocycles. The normalized spacial score (nSPS) is 10.5. The Morgan fingerprint density at radius 1 is 1.27 bits per heavy atom. The molecular formula is C11H13N3O. The molecule has 0 spiro atoms. The van der Waals surface area contributed by atoms with Crippen LogP contribution in [0.15, 0.2) is 28.8 Å². The summed E-state index contributed by atoms with van der Waals surface area (Å²) >= 11 is 0. The third kappa shape index (κ3) is 2.34. The van der Waals surface area contributed by atoms with Gasteiger partial charge in [-0.05, 0) is 25.0 Å². The first-order valence-electron chi connectivity index (χ1n) is 4.88. The molecule has 78 valence electrons. The van der Waals surface area contributed by atoms with Gasteiger partial charge in [0.1, 0.15) is 0 Å². The van der Waals surface area contributed by atoms with Gasteiger partial charge in [-0.2, -0.15) is 4.98 Å². The summed E-state index contributed by atoms with van der Waals surface area (Å²) in [5, 5.41) is 3.73. The minimum absolute atomic E-state index is 0.663. The Morgan fingerprint density at radius 2 is 2.07 bits per heavy atom. The van der Waals surface area contributed by atoms with E-state index in [9.17, 15) is 0 Å². The van der Waals surface area contributed by atoms with Crippen LogP contribution in [0.2, 0.25) is 0 Å². The van der Waals surface area contributed by atoms with E-state index in [4.69, 9.17) is 10.3 Å². The molecule has 0 saturated carbocycles. The SMILES string of the molecule is Cc1noc(CCc2ccccc2N)n1. The van der Waals surface area contributed by atoms with E-state index >= 15 is 0 Å². The fourth-order valence-corrected chi connectivity index (χ4v) is 1.45. The Kier molecular flexibility index (Phi) is 2.67. The monoisotopic (exact) mass is 203 g/mol. The predicted octanol–water partition coefficient (Wildman–Crippen LogP) is 1.75. The van der Waals surface area contributed by atoms with Crippen LogP contribution in [-0.2, 0) is 12.8 Å². The fourth-order valence-electron chi connectivity index (χ4n) is 1.45. The first kappa shape index (κ1) is 9.71. The van der Waals surface area contributed by atoms with Gasteiger partial charge in [-0.25, -0.2) is 0 Å². The molecule has 4 nitrogen and oxygen atoms in total. The molecule has 0 bridgehead atoms. The van der Waals surface area contributed by atoms with E-state index in [1.165, 1.54) is 0 Å². The van der Waals surface area contributed by atoms with Crippen LogP contribution < -0.4 is 5.73 Å². The quantitative estimate of drug-likeness (QED) is 0.772. The van der Waals surface area contributed by atoms with Crippen LogP contribution in [0.4, 0.5) is 5.69 Å². The first-order valence-corrected chi connectivity index (χ1v) is 4.88. The molecule has 0 aliphatic rings. The summed E-state index contributed by atoms with van der Waals surface area (Å²) in [7, 11) is 0. The van der Waals surface area contributed by atoms with Gasteiger partial charge < -0.3 is 10.3 Å². The highest BCUT2D eigenvalue weighted by Crippen LogP contribution is 2.13. The lowest BCUT2D eigenvalue weighted by molar-refractivity contribution is 0.375. The van der Waals surface area contributed by atoms with Crippen molar-refractivity contribution in [1.82, 2.24) is 10.1 Å². The Morgan fingerprint density at radius 3 is 2.73 bits per heavy atom. The van der Waals surface area contributed by atoms with Gasteiger partial charge >= 0.3 is 0 Å². The minimum atomic E-state index is 0.663. The molecule has 15 heavy (non-hydrogen) atoms. The maximum absolute atomic E-state index is 5.82. The lowest BCUT2D eigenvalue weighted by Crippen LogP contribution is -1.96. The van der Waals surface area contributed by atoms with Crippen molar-refractivity contribution in [3.63, 3.8) is 0 Å². The number of nitrogen functional groups attached to an aromatic ring is 1. The van der Waals surface area contributed by atoms with Crippen LogP contribution >= 0.6 is 0 Å². The highest BCUT2D eigenvalue weighted by Gasteiger charge is 2.04. The molecule has 0 unspecified atom stereocenters. The van der Waals surface area contributed by atoms with Crippen molar-refractivity contribution in [2.45, 2.75) is 19.8 Å². The molecule has 0 atom stereocenters. The summed E-state index contributed by atoms with van der Waals surface area (Å²) in [6, 6.07) is 7.81. The fraction of sp³-hybridized carbons (Fsp3) is 0.273. The second-order valence-corrected chi connectivity index (χ2v) is 3.43. The van der Waals surface area contributed by atoms with Gasteiger partial charge in [0.2, 0.25) is 5.89 Å². The van der Waals surface area contributed by atoms with E-state index in [1.807, 2.05) is 31.2 Å². The van der Waals surface area contributed by atoms with Gasteiger partial charge in [0.25, 0.3) is 0 Å². The molecule has 1 aromatic heterocycles. The zero-order chi connectivity index (χ0) is 10.7. The molecule has 0 aliphatic heterocycles. The van der Waals surface area contributed by atoms with Crippen LogP contribution in [0.5, 0.6) is 0 Å². The van der Waals surface area contributed by atoms with Crippen molar-refractivity contribution in [3.8, 4) is 0 Å². The maximum Gasteiger partial charge on any atom is 0.226 e. The summed E-state index contributed by atoms with van der Waals surface area (Å²) in [6.45, 7) is 1.81. The zero-order valence-electron chi connectivity index (χ0n) is 8.60. The van der Waals surface area contributed by atoms with Gasteiger partial charge in [-0.3, -0.25) is 0 Å². The van der Waals surface area contributed by atoms with Crippen LogP contribution in [-0.4, -0.2) is 10.1 Å². The summed E-state index contributed by atoms with van der Waals surface area (Å²) in [5.74, 6) is 1.33. The van der Waals surface area contributed by atoms with E-state index in [0.717, 1.165) is 24.1 Å². The number of para-hydroxylation sites is 1. The Hall–Kier alpha value is -1.84. The predicted molar refractivity (Wildman–Crippen MR) is 57.3 cm³/mol. The maximum atomic E-state index is 5.82. The van der Waals surface area contributed by atoms with Crippen LogP contribution in [0, 0.1) is 6.92 Å². The molecular weight excluding hydrogens is 190 g/mol. The second kappa shape index (κ2) is 4.13. The molecule has 2 rings (SSSR count). The molecule has 2 N–H and O–H groups in total. The molecule has 0 amide bonds. The molecule has 1 heterocycles.